The molecule has 1 saturated carbocycles. The first-order valence-corrected chi connectivity index (χ1v) is 7.29. The summed E-state index contributed by atoms with van der Waals surface area (Å²) >= 11 is 3.46. The van der Waals surface area contributed by atoms with Crippen LogP contribution in [0.4, 0.5) is 0 Å². The standard InChI is InChI=1S/C14H20BrNO3/c1-18-12-7-10(8-16)6-11(15)13(12)19-9-14(17)4-2-3-5-14/h6-7,17H,2-5,8-9,16H2,1H3. The van der Waals surface area contributed by atoms with Crippen LogP contribution in [0.3, 0.4) is 0 Å². The average molecular weight is 330 g/mol. The number of halogens is 1. The summed E-state index contributed by atoms with van der Waals surface area (Å²) in [6.07, 6.45) is 3.72. The van der Waals surface area contributed by atoms with Crippen molar-refractivity contribution in [2.75, 3.05) is 13.7 Å². The summed E-state index contributed by atoms with van der Waals surface area (Å²) in [5.74, 6) is 1.26. The molecule has 0 amide bonds. The predicted molar refractivity (Wildman–Crippen MR) is 77.5 cm³/mol. The summed E-state index contributed by atoms with van der Waals surface area (Å²) in [5, 5.41) is 10.3. The summed E-state index contributed by atoms with van der Waals surface area (Å²) < 4.78 is 11.9. The molecular formula is C14H20BrNO3. The van der Waals surface area contributed by atoms with Gasteiger partial charge in [-0.15, -0.1) is 0 Å². The van der Waals surface area contributed by atoms with Crippen LogP contribution in [0.15, 0.2) is 16.6 Å². The Kier molecular flexibility index (Phi) is 4.71. The Morgan fingerprint density at radius 2 is 2.05 bits per heavy atom. The maximum absolute atomic E-state index is 10.3. The van der Waals surface area contributed by atoms with Gasteiger partial charge >= 0.3 is 0 Å². The van der Waals surface area contributed by atoms with Crippen LogP contribution < -0.4 is 15.2 Å². The Bertz CT molecular complexity index is 445. The van der Waals surface area contributed by atoms with Crippen LogP contribution in [0.2, 0.25) is 0 Å². The molecular weight excluding hydrogens is 310 g/mol. The zero-order valence-corrected chi connectivity index (χ0v) is 12.7. The summed E-state index contributed by atoms with van der Waals surface area (Å²) in [5.41, 5.74) is 5.90. The smallest absolute Gasteiger partial charge is 0.175 e. The lowest BCUT2D eigenvalue weighted by molar-refractivity contribution is 0.000492. The second-order valence-corrected chi connectivity index (χ2v) is 5.89. The molecule has 0 heterocycles. The highest BCUT2D eigenvalue weighted by Crippen LogP contribution is 2.38. The Hall–Kier alpha value is -0.780. The lowest BCUT2D eigenvalue weighted by Crippen LogP contribution is -2.32. The summed E-state index contributed by atoms with van der Waals surface area (Å²) in [4.78, 5) is 0. The second-order valence-electron chi connectivity index (χ2n) is 5.03. The molecule has 0 unspecified atom stereocenters. The third-order valence-electron chi connectivity index (χ3n) is 3.54. The molecule has 1 fully saturated rings. The molecule has 5 heteroatoms. The third kappa shape index (κ3) is 3.41. The molecule has 106 valence electrons. The topological polar surface area (TPSA) is 64.7 Å². The molecule has 19 heavy (non-hydrogen) atoms. The van der Waals surface area contributed by atoms with Crippen LogP contribution in [0, 0.1) is 0 Å². The minimum Gasteiger partial charge on any atom is -0.493 e. The number of aliphatic hydroxyl groups is 1. The monoisotopic (exact) mass is 329 g/mol. The lowest BCUT2D eigenvalue weighted by Gasteiger charge is -2.23. The maximum Gasteiger partial charge on any atom is 0.175 e. The minimum absolute atomic E-state index is 0.296. The van der Waals surface area contributed by atoms with Crippen LogP contribution in [0.25, 0.3) is 0 Å². The number of benzene rings is 1. The van der Waals surface area contributed by atoms with Gasteiger partial charge in [0.25, 0.3) is 0 Å². The lowest BCUT2D eigenvalue weighted by atomic mass is 10.0. The molecule has 0 saturated heterocycles. The van der Waals surface area contributed by atoms with Crippen molar-refractivity contribution in [3.63, 3.8) is 0 Å². The van der Waals surface area contributed by atoms with Crippen molar-refractivity contribution in [3.8, 4) is 11.5 Å². The van der Waals surface area contributed by atoms with Gasteiger partial charge in [-0.2, -0.15) is 0 Å². The Labute approximate surface area is 122 Å². The van der Waals surface area contributed by atoms with E-state index in [4.69, 9.17) is 15.2 Å². The molecule has 0 aliphatic heterocycles. The quantitative estimate of drug-likeness (QED) is 0.871. The zero-order chi connectivity index (χ0) is 13.9. The molecule has 1 aliphatic rings. The van der Waals surface area contributed by atoms with Gasteiger partial charge in [0.2, 0.25) is 0 Å². The Morgan fingerprint density at radius 1 is 1.37 bits per heavy atom. The molecule has 1 aromatic carbocycles. The van der Waals surface area contributed by atoms with Gasteiger partial charge in [-0.3, -0.25) is 0 Å². The van der Waals surface area contributed by atoms with Crippen molar-refractivity contribution in [1.82, 2.24) is 0 Å². The number of ether oxygens (including phenoxy) is 2. The van der Waals surface area contributed by atoms with Gasteiger partial charge in [0, 0.05) is 6.54 Å². The van der Waals surface area contributed by atoms with Crippen molar-refractivity contribution >= 4 is 15.9 Å². The Balaban J connectivity index is 2.15. The highest BCUT2D eigenvalue weighted by Gasteiger charge is 2.32. The van der Waals surface area contributed by atoms with Crippen LogP contribution in [0.1, 0.15) is 31.2 Å². The maximum atomic E-state index is 10.3. The van der Waals surface area contributed by atoms with Gasteiger partial charge in [0.1, 0.15) is 6.61 Å². The predicted octanol–water partition coefficient (Wildman–Crippen LogP) is 2.60. The molecule has 1 aromatic rings. The molecule has 1 aliphatic carbocycles. The first kappa shape index (κ1) is 14.6. The van der Waals surface area contributed by atoms with E-state index in [0.717, 1.165) is 35.7 Å². The van der Waals surface area contributed by atoms with Gasteiger partial charge < -0.3 is 20.3 Å². The molecule has 3 N–H and O–H groups in total. The van der Waals surface area contributed by atoms with E-state index < -0.39 is 5.60 Å². The fourth-order valence-electron chi connectivity index (χ4n) is 2.42. The molecule has 4 nitrogen and oxygen atoms in total. The highest BCUT2D eigenvalue weighted by atomic mass is 79.9. The molecule has 2 rings (SSSR count). The van der Waals surface area contributed by atoms with Crippen LogP contribution in [-0.2, 0) is 6.54 Å². The Morgan fingerprint density at radius 3 is 2.63 bits per heavy atom. The number of hydrogen-bond donors (Lipinski definition) is 2. The van der Waals surface area contributed by atoms with E-state index in [2.05, 4.69) is 15.9 Å². The molecule has 0 spiro atoms. The van der Waals surface area contributed by atoms with Gasteiger partial charge in [0.15, 0.2) is 11.5 Å². The third-order valence-corrected chi connectivity index (χ3v) is 4.13. The van der Waals surface area contributed by atoms with E-state index in [-0.39, 0.29) is 0 Å². The SMILES string of the molecule is COc1cc(CN)cc(Br)c1OCC1(O)CCCC1. The van der Waals surface area contributed by atoms with Crippen LogP contribution in [0.5, 0.6) is 11.5 Å². The van der Waals surface area contributed by atoms with E-state index in [9.17, 15) is 5.11 Å². The van der Waals surface area contributed by atoms with Crippen molar-refractivity contribution in [1.29, 1.82) is 0 Å². The van der Waals surface area contributed by atoms with Crippen LogP contribution >= 0.6 is 15.9 Å². The highest BCUT2D eigenvalue weighted by molar-refractivity contribution is 9.10. The normalized spacial score (nSPS) is 17.5. The van der Waals surface area contributed by atoms with Crippen molar-refractivity contribution < 1.29 is 14.6 Å². The fraction of sp³-hybridized carbons (Fsp3) is 0.571. The number of nitrogens with two attached hydrogens (primary N) is 1. The van der Waals surface area contributed by atoms with E-state index in [1.807, 2.05) is 12.1 Å². The van der Waals surface area contributed by atoms with Crippen molar-refractivity contribution in [3.05, 3.63) is 22.2 Å². The molecule has 0 radical (unpaired) electrons. The summed E-state index contributed by atoms with van der Waals surface area (Å²) in [6, 6.07) is 3.77. The van der Waals surface area contributed by atoms with E-state index >= 15 is 0 Å². The van der Waals surface area contributed by atoms with Gasteiger partial charge in [0.05, 0.1) is 17.2 Å². The van der Waals surface area contributed by atoms with E-state index in [1.54, 1.807) is 7.11 Å². The van der Waals surface area contributed by atoms with E-state index in [0.29, 0.717) is 24.7 Å². The van der Waals surface area contributed by atoms with Gasteiger partial charge in [-0.25, -0.2) is 0 Å². The largest absolute Gasteiger partial charge is 0.493 e. The first-order valence-electron chi connectivity index (χ1n) is 6.49. The fourth-order valence-corrected chi connectivity index (χ4v) is 3.02. The average Bonchev–Trinajstić information content (AvgIpc) is 2.83. The molecule has 0 atom stereocenters. The zero-order valence-electron chi connectivity index (χ0n) is 11.1. The number of rotatable bonds is 5. The van der Waals surface area contributed by atoms with Crippen LogP contribution in [-0.4, -0.2) is 24.4 Å². The van der Waals surface area contributed by atoms with Crippen molar-refractivity contribution in [2.45, 2.75) is 37.8 Å². The summed E-state index contributed by atoms with van der Waals surface area (Å²) in [6.45, 7) is 0.739. The molecule has 0 aromatic heterocycles. The van der Waals surface area contributed by atoms with Gasteiger partial charge in [-0.1, -0.05) is 12.8 Å². The summed E-state index contributed by atoms with van der Waals surface area (Å²) in [7, 11) is 1.60. The first-order chi connectivity index (χ1) is 9.08. The van der Waals surface area contributed by atoms with Crippen molar-refractivity contribution in [2.24, 2.45) is 5.73 Å². The van der Waals surface area contributed by atoms with Gasteiger partial charge in [-0.05, 0) is 46.5 Å². The molecule has 0 bridgehead atoms. The number of methoxy groups -OCH3 is 1. The number of hydrogen-bond acceptors (Lipinski definition) is 4. The van der Waals surface area contributed by atoms with E-state index in [1.165, 1.54) is 0 Å². The minimum atomic E-state index is -0.697. The second kappa shape index (κ2) is 6.11.